The van der Waals surface area contributed by atoms with E-state index in [9.17, 15) is 0 Å². The van der Waals surface area contributed by atoms with Crippen LogP contribution in [0.25, 0.3) is 78.0 Å². The van der Waals surface area contributed by atoms with Crippen LogP contribution in [-0.4, -0.2) is 15.0 Å². The fraction of sp³-hybridized carbons (Fsp3) is 0. The van der Waals surface area contributed by atoms with E-state index >= 15 is 0 Å². The molecule has 8 aromatic rings. The number of furan rings is 1. The summed E-state index contributed by atoms with van der Waals surface area (Å²) in [4.78, 5) is 14.9. The first-order chi connectivity index (χ1) is 20.3. The third-order valence-electron chi connectivity index (χ3n) is 7.46. The predicted octanol–water partition coefficient (Wildman–Crippen LogP) is 9.59. The number of aromatic nitrogens is 3. The molecule has 3 heterocycles. The Bertz CT molecular complexity index is 2140. The molecule has 0 saturated carbocycles. The van der Waals surface area contributed by atoms with Crippen LogP contribution < -0.4 is 0 Å². The molecular formula is C37H23N3O. The van der Waals surface area contributed by atoms with Gasteiger partial charge < -0.3 is 4.42 Å². The van der Waals surface area contributed by atoms with Crippen molar-refractivity contribution in [3.05, 3.63) is 140 Å². The topological polar surface area (TPSA) is 51.8 Å². The van der Waals surface area contributed by atoms with Crippen LogP contribution in [0.2, 0.25) is 0 Å². The minimum Gasteiger partial charge on any atom is -0.454 e. The number of nitrogens with zero attached hydrogens (tertiary/aromatic N) is 3. The SMILES string of the molecule is c1ccc(-c2cc(-c3cccc(-c4ccc5nc6c(cc5c4)oc4ccccc46)c3)nc(-c3ccccc3)n2)cc1. The molecule has 0 bridgehead atoms. The van der Waals surface area contributed by atoms with Gasteiger partial charge in [0.2, 0.25) is 0 Å². The minimum absolute atomic E-state index is 0.707. The van der Waals surface area contributed by atoms with Crippen molar-refractivity contribution >= 4 is 33.0 Å². The second-order valence-electron chi connectivity index (χ2n) is 10.1. The molecule has 0 amide bonds. The van der Waals surface area contributed by atoms with Crippen molar-refractivity contribution in [3.8, 4) is 45.0 Å². The Balaban J connectivity index is 1.24. The van der Waals surface area contributed by atoms with E-state index in [-0.39, 0.29) is 0 Å². The molecule has 0 aliphatic rings. The van der Waals surface area contributed by atoms with Crippen LogP contribution in [-0.2, 0) is 0 Å². The lowest BCUT2D eigenvalue weighted by Crippen LogP contribution is -1.96. The van der Waals surface area contributed by atoms with Gasteiger partial charge in [-0.25, -0.2) is 15.0 Å². The largest absolute Gasteiger partial charge is 0.454 e. The number of pyridine rings is 1. The highest BCUT2D eigenvalue weighted by Gasteiger charge is 2.13. The quantitative estimate of drug-likeness (QED) is 0.230. The Labute approximate surface area is 236 Å². The zero-order valence-corrected chi connectivity index (χ0v) is 22.0. The lowest BCUT2D eigenvalue weighted by Gasteiger charge is -2.11. The molecule has 0 fully saturated rings. The predicted molar refractivity (Wildman–Crippen MR) is 166 cm³/mol. The van der Waals surface area contributed by atoms with Crippen molar-refractivity contribution in [1.29, 1.82) is 0 Å². The Hall–Kier alpha value is -5.61. The van der Waals surface area contributed by atoms with Crippen LogP contribution >= 0.6 is 0 Å². The van der Waals surface area contributed by atoms with Gasteiger partial charge in [0.05, 0.1) is 16.9 Å². The van der Waals surface area contributed by atoms with Gasteiger partial charge in [-0.3, -0.25) is 0 Å². The van der Waals surface area contributed by atoms with Crippen LogP contribution in [0.3, 0.4) is 0 Å². The van der Waals surface area contributed by atoms with Crippen LogP contribution in [0.5, 0.6) is 0 Å². The zero-order valence-electron chi connectivity index (χ0n) is 22.0. The number of fused-ring (bicyclic) bond motifs is 4. The van der Waals surface area contributed by atoms with Crippen LogP contribution in [0, 0.1) is 0 Å². The number of hydrogen-bond donors (Lipinski definition) is 0. The first kappa shape index (κ1) is 23.3. The van der Waals surface area contributed by atoms with Crippen molar-refractivity contribution < 1.29 is 4.42 Å². The maximum absolute atomic E-state index is 6.10. The Morgan fingerprint density at radius 2 is 1.07 bits per heavy atom. The van der Waals surface area contributed by atoms with E-state index in [2.05, 4.69) is 72.8 Å². The second-order valence-corrected chi connectivity index (χ2v) is 10.1. The van der Waals surface area contributed by atoms with E-state index < -0.39 is 0 Å². The Kier molecular flexibility index (Phi) is 5.42. The van der Waals surface area contributed by atoms with Crippen molar-refractivity contribution in [2.75, 3.05) is 0 Å². The summed E-state index contributed by atoms with van der Waals surface area (Å²) in [6, 6.07) is 47.5. The molecule has 3 aromatic heterocycles. The van der Waals surface area contributed by atoms with Crippen molar-refractivity contribution in [3.63, 3.8) is 0 Å². The van der Waals surface area contributed by atoms with E-state index in [0.29, 0.717) is 5.82 Å². The Morgan fingerprint density at radius 1 is 0.415 bits per heavy atom. The maximum Gasteiger partial charge on any atom is 0.160 e. The number of benzene rings is 5. The molecule has 0 saturated heterocycles. The molecular weight excluding hydrogens is 502 g/mol. The molecule has 0 aliphatic heterocycles. The maximum atomic E-state index is 6.10. The van der Waals surface area contributed by atoms with Crippen molar-refractivity contribution in [2.45, 2.75) is 0 Å². The fourth-order valence-electron chi connectivity index (χ4n) is 5.40. The zero-order chi connectivity index (χ0) is 27.2. The van der Waals surface area contributed by atoms with E-state index in [4.69, 9.17) is 19.4 Å². The van der Waals surface area contributed by atoms with Crippen molar-refractivity contribution in [2.24, 2.45) is 0 Å². The second kappa shape index (κ2) is 9.54. The van der Waals surface area contributed by atoms with E-state index in [1.54, 1.807) is 0 Å². The fourth-order valence-corrected chi connectivity index (χ4v) is 5.40. The highest BCUT2D eigenvalue weighted by atomic mass is 16.3. The number of para-hydroxylation sites is 1. The average Bonchev–Trinajstić information content (AvgIpc) is 3.41. The third kappa shape index (κ3) is 4.23. The van der Waals surface area contributed by atoms with Crippen molar-refractivity contribution in [1.82, 2.24) is 15.0 Å². The molecule has 4 heteroatoms. The van der Waals surface area contributed by atoms with Gasteiger partial charge in [0, 0.05) is 27.5 Å². The lowest BCUT2D eigenvalue weighted by molar-refractivity contribution is 0.669. The highest BCUT2D eigenvalue weighted by molar-refractivity contribution is 6.06. The summed E-state index contributed by atoms with van der Waals surface area (Å²) < 4.78 is 6.10. The van der Waals surface area contributed by atoms with Gasteiger partial charge >= 0.3 is 0 Å². The molecule has 192 valence electrons. The molecule has 0 spiro atoms. The summed E-state index contributed by atoms with van der Waals surface area (Å²) in [5, 5.41) is 2.08. The average molecular weight is 526 g/mol. The van der Waals surface area contributed by atoms with Gasteiger partial charge in [0.1, 0.15) is 11.1 Å². The summed E-state index contributed by atoms with van der Waals surface area (Å²) in [5.41, 5.74) is 10.6. The standard InChI is InChI=1S/C37H23N3O/c1-3-10-24(11-4-1)32-23-33(40-37(39-32)25-12-5-2-6-13-25)28-15-9-14-26(20-28)27-18-19-31-29(21-27)22-35-36(38-31)30-16-7-8-17-34(30)41-35/h1-23H. The van der Waals surface area contributed by atoms with Gasteiger partial charge in [0.15, 0.2) is 11.4 Å². The van der Waals surface area contributed by atoms with Gasteiger partial charge in [-0.15, -0.1) is 0 Å². The molecule has 5 aromatic carbocycles. The summed E-state index contributed by atoms with van der Waals surface area (Å²) >= 11 is 0. The molecule has 0 radical (unpaired) electrons. The summed E-state index contributed by atoms with van der Waals surface area (Å²) in [6.07, 6.45) is 0. The normalized spacial score (nSPS) is 11.4. The van der Waals surface area contributed by atoms with E-state index in [0.717, 1.165) is 72.2 Å². The summed E-state index contributed by atoms with van der Waals surface area (Å²) in [7, 11) is 0. The van der Waals surface area contributed by atoms with Crippen LogP contribution in [0.1, 0.15) is 0 Å². The molecule has 41 heavy (non-hydrogen) atoms. The van der Waals surface area contributed by atoms with E-state index in [1.165, 1.54) is 0 Å². The Morgan fingerprint density at radius 3 is 1.90 bits per heavy atom. The number of hydrogen-bond acceptors (Lipinski definition) is 4. The van der Waals surface area contributed by atoms with Gasteiger partial charge in [-0.05, 0) is 53.6 Å². The molecule has 0 unspecified atom stereocenters. The van der Waals surface area contributed by atoms with Crippen LogP contribution in [0.4, 0.5) is 0 Å². The minimum atomic E-state index is 0.707. The summed E-state index contributed by atoms with van der Waals surface area (Å²) in [5.74, 6) is 0.707. The molecule has 0 aliphatic carbocycles. The number of rotatable bonds is 4. The van der Waals surface area contributed by atoms with Gasteiger partial charge in [-0.2, -0.15) is 0 Å². The van der Waals surface area contributed by atoms with Crippen LogP contribution in [0.15, 0.2) is 144 Å². The monoisotopic (exact) mass is 525 g/mol. The molecule has 4 nitrogen and oxygen atoms in total. The third-order valence-corrected chi connectivity index (χ3v) is 7.46. The first-order valence-electron chi connectivity index (χ1n) is 13.6. The van der Waals surface area contributed by atoms with Gasteiger partial charge in [0.25, 0.3) is 0 Å². The summed E-state index contributed by atoms with van der Waals surface area (Å²) in [6.45, 7) is 0. The lowest BCUT2D eigenvalue weighted by atomic mass is 9.99. The molecule has 0 N–H and O–H groups in total. The first-order valence-corrected chi connectivity index (χ1v) is 13.6. The highest BCUT2D eigenvalue weighted by Crippen LogP contribution is 2.33. The van der Waals surface area contributed by atoms with Gasteiger partial charge in [-0.1, -0.05) is 97.1 Å². The molecule has 0 atom stereocenters. The molecule has 8 rings (SSSR count). The smallest absolute Gasteiger partial charge is 0.160 e. The van der Waals surface area contributed by atoms with E-state index in [1.807, 2.05) is 66.7 Å².